The van der Waals surface area contributed by atoms with Gasteiger partial charge >= 0.3 is 6.18 Å². The zero-order valence-corrected chi connectivity index (χ0v) is 14.5. The molecule has 0 unspecified atom stereocenters. The van der Waals surface area contributed by atoms with Gasteiger partial charge in [0.2, 0.25) is 0 Å². The molecular weight excluding hydrogens is 390 g/mol. The van der Waals surface area contributed by atoms with Gasteiger partial charge < -0.3 is 5.32 Å². The molecule has 1 aromatic carbocycles. The van der Waals surface area contributed by atoms with Crippen LogP contribution in [0.15, 0.2) is 60.9 Å². The average molecular weight is 401 g/mol. The van der Waals surface area contributed by atoms with Gasteiger partial charge in [0, 0.05) is 5.56 Å². The molecule has 29 heavy (non-hydrogen) atoms. The Kier molecular flexibility index (Phi) is 4.45. The highest BCUT2D eigenvalue weighted by Crippen LogP contribution is 2.32. The highest BCUT2D eigenvalue weighted by molar-refractivity contribution is 6.02. The summed E-state index contributed by atoms with van der Waals surface area (Å²) < 4.78 is 53.2. The molecule has 3 aromatic heterocycles. The van der Waals surface area contributed by atoms with Crippen molar-refractivity contribution in [2.75, 3.05) is 5.32 Å². The van der Waals surface area contributed by atoms with E-state index in [4.69, 9.17) is 0 Å². The molecule has 1 amide bonds. The molecule has 3 heterocycles. The number of anilines is 1. The number of rotatable bonds is 3. The summed E-state index contributed by atoms with van der Waals surface area (Å²) in [4.78, 5) is 20.3. The minimum absolute atomic E-state index is 0.0187. The Hall–Kier alpha value is -3.82. The van der Waals surface area contributed by atoms with Crippen LogP contribution >= 0.6 is 0 Å². The van der Waals surface area contributed by atoms with E-state index < -0.39 is 23.5 Å². The van der Waals surface area contributed by atoms with Crippen LogP contribution in [-0.4, -0.2) is 25.5 Å². The van der Waals surface area contributed by atoms with Gasteiger partial charge in [-0.05, 0) is 36.4 Å². The van der Waals surface area contributed by atoms with E-state index in [9.17, 15) is 22.4 Å². The summed E-state index contributed by atoms with van der Waals surface area (Å²) in [5.74, 6) is -1.04. The predicted molar refractivity (Wildman–Crippen MR) is 95.6 cm³/mol. The van der Waals surface area contributed by atoms with Crippen molar-refractivity contribution in [3.8, 4) is 11.3 Å². The van der Waals surface area contributed by atoms with Crippen LogP contribution in [0.3, 0.4) is 0 Å². The van der Waals surface area contributed by atoms with Crippen LogP contribution in [0.5, 0.6) is 0 Å². The average Bonchev–Trinajstić information content (AvgIpc) is 3.12. The van der Waals surface area contributed by atoms with Crippen LogP contribution in [0.1, 0.15) is 16.1 Å². The van der Waals surface area contributed by atoms with Gasteiger partial charge in [-0.3, -0.25) is 4.79 Å². The molecule has 4 aromatic rings. The first-order valence-electron chi connectivity index (χ1n) is 8.26. The fraction of sp³-hybridized carbons (Fsp3) is 0.0526. The van der Waals surface area contributed by atoms with Crippen molar-refractivity contribution in [1.82, 2.24) is 19.6 Å². The van der Waals surface area contributed by atoms with Gasteiger partial charge in [0.1, 0.15) is 17.3 Å². The number of amides is 1. The fourth-order valence-corrected chi connectivity index (χ4v) is 2.68. The van der Waals surface area contributed by atoms with Crippen molar-refractivity contribution < 1.29 is 22.4 Å². The smallest absolute Gasteiger partial charge is 0.305 e. The monoisotopic (exact) mass is 401 g/mol. The summed E-state index contributed by atoms with van der Waals surface area (Å²) in [5, 5.41) is 6.64. The molecule has 6 nitrogen and oxygen atoms in total. The summed E-state index contributed by atoms with van der Waals surface area (Å²) in [7, 11) is 0. The van der Waals surface area contributed by atoms with Gasteiger partial charge in [0.05, 0.1) is 23.7 Å². The summed E-state index contributed by atoms with van der Waals surface area (Å²) in [6.45, 7) is 0. The maximum atomic E-state index is 13.0. The minimum atomic E-state index is -4.49. The van der Waals surface area contributed by atoms with Crippen LogP contribution in [0.4, 0.5) is 23.4 Å². The van der Waals surface area contributed by atoms with E-state index in [0.29, 0.717) is 11.3 Å². The molecule has 0 spiro atoms. The number of carbonyl (C=O) groups is 1. The number of nitrogens with zero attached hydrogens (tertiary/aromatic N) is 4. The molecular formula is C19H11F4N5O. The molecule has 0 radical (unpaired) electrons. The first-order valence-corrected chi connectivity index (χ1v) is 8.26. The number of fused-ring (bicyclic) bond motifs is 1. The van der Waals surface area contributed by atoms with Crippen molar-refractivity contribution in [3.05, 3.63) is 78.0 Å². The highest BCUT2D eigenvalue weighted by atomic mass is 19.4. The van der Waals surface area contributed by atoms with E-state index >= 15 is 0 Å². The van der Waals surface area contributed by atoms with Crippen molar-refractivity contribution >= 4 is 17.4 Å². The first-order chi connectivity index (χ1) is 13.8. The van der Waals surface area contributed by atoms with E-state index in [-0.39, 0.29) is 17.1 Å². The Balaban J connectivity index is 1.70. The number of halogens is 4. The zero-order chi connectivity index (χ0) is 20.6. The largest absolute Gasteiger partial charge is 0.416 e. The molecule has 4 rings (SSSR count). The lowest BCUT2D eigenvalue weighted by Gasteiger charge is -2.09. The van der Waals surface area contributed by atoms with E-state index in [1.165, 1.54) is 41.0 Å². The Morgan fingerprint density at radius 2 is 1.83 bits per heavy atom. The zero-order valence-electron chi connectivity index (χ0n) is 14.5. The minimum Gasteiger partial charge on any atom is -0.305 e. The molecule has 0 atom stereocenters. The molecule has 0 aliphatic carbocycles. The first kappa shape index (κ1) is 18.5. The van der Waals surface area contributed by atoms with Crippen molar-refractivity contribution in [2.24, 2.45) is 0 Å². The Morgan fingerprint density at radius 1 is 1.00 bits per heavy atom. The second-order valence-corrected chi connectivity index (χ2v) is 6.03. The lowest BCUT2D eigenvalue weighted by molar-refractivity contribution is -0.137. The van der Waals surface area contributed by atoms with Gasteiger partial charge in [0.15, 0.2) is 5.65 Å². The van der Waals surface area contributed by atoms with Crippen molar-refractivity contribution in [3.63, 3.8) is 0 Å². The third-order valence-corrected chi connectivity index (χ3v) is 4.05. The summed E-state index contributed by atoms with van der Waals surface area (Å²) >= 11 is 0. The summed E-state index contributed by atoms with van der Waals surface area (Å²) in [6, 6.07) is 10.1. The van der Waals surface area contributed by atoms with E-state index in [2.05, 4.69) is 20.4 Å². The maximum absolute atomic E-state index is 13.0. The number of imidazole rings is 1. The van der Waals surface area contributed by atoms with E-state index in [1.54, 1.807) is 0 Å². The standard InChI is InChI=1S/C19H11F4N5O/c20-13-4-6-16(24-9-13)26-18(29)14-5-7-17-25-10-15(28(17)27-14)11-2-1-3-12(8-11)19(21,22)23/h1-10H,(H,24,26,29). The second kappa shape index (κ2) is 6.97. The summed E-state index contributed by atoms with van der Waals surface area (Å²) in [6.07, 6.45) is -2.16. The Labute approximate surface area is 160 Å². The van der Waals surface area contributed by atoms with E-state index in [1.807, 2.05) is 0 Å². The normalized spacial score (nSPS) is 11.6. The molecule has 0 aliphatic rings. The van der Waals surface area contributed by atoms with Gasteiger partial charge in [0.25, 0.3) is 5.91 Å². The topological polar surface area (TPSA) is 72.2 Å². The SMILES string of the molecule is O=C(Nc1ccc(F)cn1)c1ccc2ncc(-c3cccc(C(F)(F)F)c3)n2n1. The lowest BCUT2D eigenvalue weighted by atomic mass is 10.1. The molecule has 146 valence electrons. The Morgan fingerprint density at radius 3 is 2.55 bits per heavy atom. The molecule has 0 saturated carbocycles. The molecule has 1 N–H and O–H groups in total. The van der Waals surface area contributed by atoms with Crippen molar-refractivity contribution in [2.45, 2.75) is 6.18 Å². The fourth-order valence-electron chi connectivity index (χ4n) is 2.68. The maximum Gasteiger partial charge on any atom is 0.416 e. The third-order valence-electron chi connectivity index (χ3n) is 4.05. The van der Waals surface area contributed by atoms with Gasteiger partial charge in [-0.15, -0.1) is 0 Å². The lowest BCUT2D eigenvalue weighted by Crippen LogP contribution is -2.16. The number of pyridine rings is 1. The quantitative estimate of drug-likeness (QED) is 0.523. The van der Waals surface area contributed by atoms with E-state index in [0.717, 1.165) is 24.4 Å². The van der Waals surface area contributed by atoms with Crippen molar-refractivity contribution in [1.29, 1.82) is 0 Å². The number of aromatic nitrogens is 4. The summed E-state index contributed by atoms with van der Waals surface area (Å²) in [5.41, 5.74) is 0.0724. The van der Waals surface area contributed by atoms with Gasteiger partial charge in [-0.25, -0.2) is 18.9 Å². The molecule has 10 heteroatoms. The number of benzene rings is 1. The molecule has 0 bridgehead atoms. The number of hydrogen-bond donors (Lipinski definition) is 1. The van der Waals surface area contributed by atoms with Crippen LogP contribution < -0.4 is 5.32 Å². The van der Waals surface area contributed by atoms with Crippen LogP contribution in [0.25, 0.3) is 16.9 Å². The Bertz CT molecular complexity index is 1200. The predicted octanol–water partition coefficient (Wildman–Crippen LogP) is 4.20. The second-order valence-electron chi connectivity index (χ2n) is 6.03. The van der Waals surface area contributed by atoms with Gasteiger partial charge in [-0.2, -0.15) is 18.3 Å². The number of nitrogens with one attached hydrogen (secondary N) is 1. The highest BCUT2D eigenvalue weighted by Gasteiger charge is 2.30. The number of alkyl halides is 3. The van der Waals surface area contributed by atoms with Crippen LogP contribution in [0, 0.1) is 5.82 Å². The number of carbonyl (C=O) groups excluding carboxylic acids is 1. The number of hydrogen-bond acceptors (Lipinski definition) is 4. The molecule has 0 fully saturated rings. The molecule has 0 saturated heterocycles. The van der Waals surface area contributed by atoms with Gasteiger partial charge in [-0.1, -0.05) is 12.1 Å². The van der Waals surface area contributed by atoms with Crippen LogP contribution in [-0.2, 0) is 6.18 Å². The van der Waals surface area contributed by atoms with Crippen LogP contribution in [0.2, 0.25) is 0 Å². The molecule has 0 aliphatic heterocycles. The third kappa shape index (κ3) is 3.77.